The molecule has 1 aromatic carbocycles. The van der Waals surface area contributed by atoms with Gasteiger partial charge in [-0.25, -0.2) is 0 Å². The summed E-state index contributed by atoms with van der Waals surface area (Å²) in [4.78, 5) is 28.0. The van der Waals surface area contributed by atoms with Crippen molar-refractivity contribution in [2.24, 2.45) is 17.3 Å². The first-order valence-corrected chi connectivity index (χ1v) is 12.1. The first kappa shape index (κ1) is 25.8. The van der Waals surface area contributed by atoms with Gasteiger partial charge < -0.3 is 24.8 Å². The van der Waals surface area contributed by atoms with Crippen LogP contribution in [0.3, 0.4) is 0 Å². The van der Waals surface area contributed by atoms with Gasteiger partial charge in [0.1, 0.15) is 12.4 Å². The highest BCUT2D eigenvalue weighted by atomic mass is 19.4. The van der Waals surface area contributed by atoms with E-state index in [-0.39, 0.29) is 43.6 Å². The zero-order chi connectivity index (χ0) is 25.4. The number of ether oxygens (including phenoxy) is 2. The monoisotopic (exact) mass is 498 g/mol. The summed E-state index contributed by atoms with van der Waals surface area (Å²) in [5.74, 6) is -0.0479. The lowest BCUT2D eigenvalue weighted by Crippen LogP contribution is -2.61. The van der Waals surface area contributed by atoms with Crippen LogP contribution < -0.4 is 10.1 Å². The number of methoxy groups -OCH3 is 1. The number of aliphatic hydroxyl groups is 1. The first-order valence-electron chi connectivity index (χ1n) is 12.1. The van der Waals surface area contributed by atoms with E-state index in [1.807, 2.05) is 0 Å². The highest BCUT2D eigenvalue weighted by Crippen LogP contribution is 2.62. The van der Waals surface area contributed by atoms with Crippen LogP contribution >= 0.6 is 0 Å². The van der Waals surface area contributed by atoms with Gasteiger partial charge in [0.05, 0.1) is 35.4 Å². The highest BCUT2D eigenvalue weighted by molar-refractivity contribution is 5.96. The molecule has 194 valence electrons. The second kappa shape index (κ2) is 9.61. The molecule has 2 amide bonds. The molecule has 35 heavy (non-hydrogen) atoms. The van der Waals surface area contributed by atoms with E-state index in [0.717, 1.165) is 37.5 Å². The number of nitrogens with zero attached hydrogens (tertiary/aromatic N) is 1. The SMILES string of the molecule is CCN(CC(=O)Nc1cc(C(F)(F)F)ccc1OCCOC)C(=O)C12CC3CC(CC(O)(C3)C1)C2. The van der Waals surface area contributed by atoms with E-state index in [1.54, 1.807) is 6.92 Å². The summed E-state index contributed by atoms with van der Waals surface area (Å²) in [5.41, 5.74) is -2.51. The van der Waals surface area contributed by atoms with Crippen LogP contribution in [0.1, 0.15) is 51.0 Å². The minimum absolute atomic E-state index is 0.0843. The number of hydrogen-bond donors (Lipinski definition) is 2. The van der Waals surface area contributed by atoms with Gasteiger partial charge in [0.15, 0.2) is 0 Å². The van der Waals surface area contributed by atoms with Crippen LogP contribution in [0.4, 0.5) is 18.9 Å². The van der Waals surface area contributed by atoms with E-state index in [2.05, 4.69) is 5.32 Å². The summed E-state index contributed by atoms with van der Waals surface area (Å²) in [5, 5.41) is 13.5. The maximum absolute atomic E-state index is 13.6. The lowest BCUT2D eigenvalue weighted by atomic mass is 9.47. The quantitative estimate of drug-likeness (QED) is 0.505. The molecule has 4 aliphatic rings. The number of halogens is 3. The van der Waals surface area contributed by atoms with Gasteiger partial charge in [0, 0.05) is 13.7 Å². The van der Waals surface area contributed by atoms with Gasteiger partial charge >= 0.3 is 6.18 Å². The van der Waals surface area contributed by atoms with Crippen molar-refractivity contribution < 1.29 is 37.3 Å². The van der Waals surface area contributed by atoms with Crippen molar-refractivity contribution in [2.45, 2.75) is 57.2 Å². The van der Waals surface area contributed by atoms with E-state index in [1.165, 1.54) is 12.0 Å². The van der Waals surface area contributed by atoms with Gasteiger partial charge in [0.25, 0.3) is 0 Å². The largest absolute Gasteiger partial charge is 0.489 e. The fraction of sp³-hybridized carbons (Fsp3) is 0.680. The third-order valence-corrected chi connectivity index (χ3v) is 7.61. The van der Waals surface area contributed by atoms with Crippen LogP contribution in [-0.2, 0) is 20.5 Å². The maximum Gasteiger partial charge on any atom is 0.416 e. The molecule has 4 fully saturated rings. The molecular formula is C25H33F3N2O5. The number of hydrogen-bond acceptors (Lipinski definition) is 5. The Balaban J connectivity index is 1.48. The van der Waals surface area contributed by atoms with Crippen molar-refractivity contribution in [2.75, 3.05) is 38.7 Å². The summed E-state index contributed by atoms with van der Waals surface area (Å²) in [6.45, 7) is 2.07. The number of alkyl halides is 3. The van der Waals surface area contributed by atoms with Crippen LogP contribution in [-0.4, -0.2) is 60.8 Å². The van der Waals surface area contributed by atoms with E-state index >= 15 is 0 Å². The topological polar surface area (TPSA) is 88.1 Å². The van der Waals surface area contributed by atoms with Gasteiger partial charge in [-0.3, -0.25) is 9.59 Å². The van der Waals surface area contributed by atoms with E-state index in [9.17, 15) is 27.9 Å². The minimum Gasteiger partial charge on any atom is -0.489 e. The molecule has 4 aliphatic carbocycles. The lowest BCUT2D eigenvalue weighted by molar-refractivity contribution is -0.186. The average molecular weight is 499 g/mol. The Kier molecular flexibility index (Phi) is 7.07. The van der Waals surface area contributed by atoms with Gasteiger partial charge in [-0.15, -0.1) is 0 Å². The molecule has 5 rings (SSSR count). The van der Waals surface area contributed by atoms with E-state index in [0.29, 0.717) is 31.1 Å². The first-order chi connectivity index (χ1) is 16.5. The Bertz CT molecular complexity index is 953. The molecule has 7 nitrogen and oxygen atoms in total. The fourth-order valence-corrected chi connectivity index (χ4v) is 6.65. The molecule has 0 aliphatic heterocycles. The standard InChI is InChI=1S/C25H33F3N2O5/c1-3-30(22(32)23-10-16-8-17(11-23)13-24(33,12-16)15-23)14-21(31)29-19-9-18(25(26,27)28)4-5-20(19)35-7-6-34-2/h4-5,9,16-17,33H,3,6-8,10-15H2,1-2H3,(H,29,31). The van der Waals surface area contributed by atoms with Crippen LogP contribution in [0.5, 0.6) is 5.75 Å². The van der Waals surface area contributed by atoms with Crippen molar-refractivity contribution in [3.8, 4) is 5.75 Å². The second-order valence-corrected chi connectivity index (χ2v) is 10.4. The van der Waals surface area contributed by atoms with Crippen LogP contribution in [0.25, 0.3) is 0 Å². The van der Waals surface area contributed by atoms with Gasteiger partial charge in [-0.05, 0) is 75.5 Å². The predicted molar refractivity (Wildman–Crippen MR) is 122 cm³/mol. The predicted octanol–water partition coefficient (Wildman–Crippen LogP) is 3.85. The normalized spacial score (nSPS) is 29.2. The van der Waals surface area contributed by atoms with Crippen LogP contribution in [0.2, 0.25) is 0 Å². The molecule has 0 spiro atoms. The van der Waals surface area contributed by atoms with E-state index < -0.39 is 28.7 Å². The Labute approximate surface area is 202 Å². The Morgan fingerprint density at radius 3 is 2.43 bits per heavy atom. The third-order valence-electron chi connectivity index (χ3n) is 7.61. The molecule has 0 aromatic heterocycles. The fourth-order valence-electron chi connectivity index (χ4n) is 6.65. The van der Waals surface area contributed by atoms with Gasteiger partial charge in [-0.2, -0.15) is 13.2 Å². The van der Waals surface area contributed by atoms with Gasteiger partial charge in [-0.1, -0.05) is 0 Å². The molecule has 0 heterocycles. The number of anilines is 1. The van der Waals surface area contributed by atoms with Crippen molar-refractivity contribution in [3.63, 3.8) is 0 Å². The van der Waals surface area contributed by atoms with Gasteiger partial charge in [0.2, 0.25) is 11.8 Å². The smallest absolute Gasteiger partial charge is 0.416 e. The molecule has 4 bridgehead atoms. The van der Waals surface area contributed by atoms with Crippen molar-refractivity contribution in [3.05, 3.63) is 23.8 Å². The molecule has 10 heteroatoms. The molecule has 0 radical (unpaired) electrons. The molecule has 2 atom stereocenters. The number of benzene rings is 1. The molecule has 0 saturated heterocycles. The molecule has 4 saturated carbocycles. The highest BCUT2D eigenvalue weighted by Gasteiger charge is 2.60. The number of nitrogens with one attached hydrogen (secondary N) is 1. The number of likely N-dealkylation sites (N-methyl/N-ethyl adjacent to an activating group) is 1. The van der Waals surface area contributed by atoms with Crippen molar-refractivity contribution in [1.29, 1.82) is 0 Å². The molecule has 2 unspecified atom stereocenters. The zero-order valence-electron chi connectivity index (χ0n) is 20.1. The number of amides is 2. The summed E-state index contributed by atoms with van der Waals surface area (Å²) in [6, 6.07) is 2.87. The summed E-state index contributed by atoms with van der Waals surface area (Å²) >= 11 is 0. The van der Waals surface area contributed by atoms with Crippen molar-refractivity contribution >= 4 is 17.5 Å². The lowest BCUT2D eigenvalue weighted by Gasteiger charge is -2.59. The molecular weight excluding hydrogens is 465 g/mol. The average Bonchev–Trinajstić information content (AvgIpc) is 2.75. The second-order valence-electron chi connectivity index (χ2n) is 10.4. The van der Waals surface area contributed by atoms with E-state index in [4.69, 9.17) is 9.47 Å². The summed E-state index contributed by atoms with van der Waals surface area (Å²) in [6.07, 6.45) is -0.254. The number of carbonyl (C=O) groups excluding carboxylic acids is 2. The Morgan fingerprint density at radius 1 is 1.17 bits per heavy atom. The minimum atomic E-state index is -4.59. The summed E-state index contributed by atoms with van der Waals surface area (Å²) in [7, 11) is 1.47. The molecule has 1 aromatic rings. The number of carbonyl (C=O) groups is 2. The maximum atomic E-state index is 13.6. The Morgan fingerprint density at radius 2 is 1.86 bits per heavy atom. The molecule has 2 N–H and O–H groups in total. The van der Waals surface area contributed by atoms with Crippen LogP contribution in [0.15, 0.2) is 18.2 Å². The van der Waals surface area contributed by atoms with Crippen molar-refractivity contribution in [1.82, 2.24) is 4.90 Å². The third kappa shape index (κ3) is 5.43. The zero-order valence-corrected chi connectivity index (χ0v) is 20.1. The Hall–Kier alpha value is -2.33. The number of rotatable bonds is 9. The summed E-state index contributed by atoms with van der Waals surface area (Å²) < 4.78 is 50.2. The van der Waals surface area contributed by atoms with Crippen LogP contribution in [0, 0.1) is 17.3 Å².